The van der Waals surface area contributed by atoms with Gasteiger partial charge in [-0.3, -0.25) is 4.79 Å². The van der Waals surface area contributed by atoms with Crippen molar-refractivity contribution in [2.45, 2.75) is 18.9 Å². The van der Waals surface area contributed by atoms with Crippen molar-refractivity contribution < 1.29 is 9.53 Å². The number of nitrogens with zero attached hydrogens (tertiary/aromatic N) is 3. The Labute approximate surface area is 147 Å². The van der Waals surface area contributed by atoms with Gasteiger partial charge in [-0.1, -0.05) is 23.7 Å². The molecular weight excluding hydrogens is 382 g/mol. The van der Waals surface area contributed by atoms with Gasteiger partial charge in [0.15, 0.2) is 0 Å². The number of carbonyl (C=O) groups excluding carboxylic acids is 1. The van der Waals surface area contributed by atoms with Crippen molar-refractivity contribution in [2.75, 3.05) is 13.1 Å². The van der Waals surface area contributed by atoms with Crippen LogP contribution in [0.25, 0.3) is 0 Å². The predicted octanol–water partition coefficient (Wildman–Crippen LogP) is 3.58. The van der Waals surface area contributed by atoms with Crippen LogP contribution in [0, 0.1) is 0 Å². The van der Waals surface area contributed by atoms with E-state index in [1.54, 1.807) is 29.4 Å². The number of likely N-dealkylation sites (tertiary alicyclic amines) is 1. The molecule has 0 bridgehead atoms. The zero-order valence-corrected chi connectivity index (χ0v) is 14.6. The molecule has 0 aliphatic carbocycles. The van der Waals surface area contributed by atoms with Crippen LogP contribution in [-0.4, -0.2) is 40.0 Å². The normalized spacial score (nSPS) is 17.8. The van der Waals surface area contributed by atoms with E-state index in [1.165, 1.54) is 0 Å². The summed E-state index contributed by atoms with van der Waals surface area (Å²) in [6, 6.07) is 7.42. The molecule has 1 aromatic carbocycles. The average molecular weight is 397 g/mol. The van der Waals surface area contributed by atoms with Crippen molar-refractivity contribution in [1.82, 2.24) is 14.9 Å². The van der Waals surface area contributed by atoms with Crippen LogP contribution in [0.4, 0.5) is 0 Å². The lowest BCUT2D eigenvalue weighted by Crippen LogP contribution is -2.44. The summed E-state index contributed by atoms with van der Waals surface area (Å²) in [5, 5.41) is 0.469. The molecule has 0 radical (unpaired) electrons. The molecular formula is C16H15BrClN3O2. The highest BCUT2D eigenvalue weighted by atomic mass is 79.9. The lowest BCUT2D eigenvalue weighted by Gasteiger charge is -2.32. The molecule has 1 aliphatic heterocycles. The first kappa shape index (κ1) is 16.2. The van der Waals surface area contributed by atoms with Crippen molar-refractivity contribution in [1.29, 1.82) is 0 Å². The smallest absolute Gasteiger partial charge is 0.316 e. The fraction of sp³-hybridized carbons (Fsp3) is 0.312. The number of aromatic nitrogens is 2. The second-order valence-electron chi connectivity index (χ2n) is 5.30. The van der Waals surface area contributed by atoms with E-state index >= 15 is 0 Å². The monoisotopic (exact) mass is 395 g/mol. The van der Waals surface area contributed by atoms with Gasteiger partial charge in [-0.2, -0.15) is 0 Å². The van der Waals surface area contributed by atoms with E-state index in [2.05, 4.69) is 25.9 Å². The van der Waals surface area contributed by atoms with Crippen LogP contribution < -0.4 is 4.74 Å². The van der Waals surface area contributed by atoms with Crippen LogP contribution >= 0.6 is 27.5 Å². The standard InChI is InChI=1S/C16H15BrClN3O2/c17-11-8-19-16(20-9-11)23-12-4-3-7-21(10-12)15(22)13-5-1-2-6-14(13)18/h1-2,5-6,8-9,12H,3-4,7,10H2/t12-/m0/s1. The molecule has 1 amide bonds. The van der Waals surface area contributed by atoms with Gasteiger partial charge < -0.3 is 9.64 Å². The van der Waals surface area contributed by atoms with Gasteiger partial charge in [-0.15, -0.1) is 0 Å². The van der Waals surface area contributed by atoms with Crippen LogP contribution in [0.15, 0.2) is 41.1 Å². The first-order valence-corrected chi connectivity index (χ1v) is 8.48. The van der Waals surface area contributed by atoms with E-state index in [4.69, 9.17) is 16.3 Å². The molecule has 1 fully saturated rings. The second kappa shape index (κ2) is 7.27. The zero-order valence-electron chi connectivity index (χ0n) is 12.3. The summed E-state index contributed by atoms with van der Waals surface area (Å²) < 4.78 is 6.58. The summed E-state index contributed by atoms with van der Waals surface area (Å²) in [5.41, 5.74) is 0.523. The molecule has 2 aromatic rings. The van der Waals surface area contributed by atoms with E-state index in [-0.39, 0.29) is 12.0 Å². The summed E-state index contributed by atoms with van der Waals surface area (Å²) >= 11 is 9.40. The Morgan fingerprint density at radius 1 is 1.30 bits per heavy atom. The number of hydrogen-bond acceptors (Lipinski definition) is 4. The molecule has 0 saturated carbocycles. The van der Waals surface area contributed by atoms with Gasteiger partial charge >= 0.3 is 6.01 Å². The van der Waals surface area contributed by atoms with Crippen molar-refractivity contribution in [3.8, 4) is 6.01 Å². The second-order valence-corrected chi connectivity index (χ2v) is 6.62. The number of carbonyl (C=O) groups is 1. The number of rotatable bonds is 3. The van der Waals surface area contributed by atoms with Gasteiger partial charge in [-0.05, 0) is 40.9 Å². The largest absolute Gasteiger partial charge is 0.458 e. The molecule has 0 unspecified atom stereocenters. The highest BCUT2D eigenvalue weighted by Crippen LogP contribution is 2.21. The molecule has 0 N–H and O–H groups in total. The van der Waals surface area contributed by atoms with Gasteiger partial charge in [-0.25, -0.2) is 9.97 Å². The molecule has 3 rings (SSSR count). The lowest BCUT2D eigenvalue weighted by molar-refractivity contribution is 0.0516. The highest BCUT2D eigenvalue weighted by molar-refractivity contribution is 9.10. The maximum absolute atomic E-state index is 12.6. The average Bonchev–Trinajstić information content (AvgIpc) is 2.57. The third kappa shape index (κ3) is 4.00. The molecule has 1 aromatic heterocycles. The maximum atomic E-state index is 12.6. The van der Waals surface area contributed by atoms with Gasteiger partial charge in [0.1, 0.15) is 6.10 Å². The Hall–Kier alpha value is -1.66. The minimum absolute atomic E-state index is 0.0689. The third-order valence-electron chi connectivity index (χ3n) is 3.64. The fourth-order valence-corrected chi connectivity index (χ4v) is 2.96. The van der Waals surface area contributed by atoms with Crippen LogP contribution in [0.5, 0.6) is 6.01 Å². The van der Waals surface area contributed by atoms with Gasteiger partial charge in [0.05, 0.1) is 21.6 Å². The molecule has 1 aliphatic rings. The Morgan fingerprint density at radius 2 is 2.04 bits per heavy atom. The van der Waals surface area contributed by atoms with Gasteiger partial charge in [0.2, 0.25) is 0 Å². The molecule has 5 nitrogen and oxygen atoms in total. The summed E-state index contributed by atoms with van der Waals surface area (Å²) in [4.78, 5) is 22.6. The molecule has 1 atom stereocenters. The number of ether oxygens (including phenoxy) is 1. The summed E-state index contributed by atoms with van der Waals surface area (Å²) in [6.45, 7) is 1.20. The highest BCUT2D eigenvalue weighted by Gasteiger charge is 2.27. The minimum Gasteiger partial charge on any atom is -0.458 e. The third-order valence-corrected chi connectivity index (χ3v) is 4.38. The van der Waals surface area contributed by atoms with Crippen molar-refractivity contribution >= 4 is 33.4 Å². The topological polar surface area (TPSA) is 55.3 Å². The van der Waals surface area contributed by atoms with Crippen LogP contribution in [0.1, 0.15) is 23.2 Å². The van der Waals surface area contributed by atoms with Gasteiger partial charge in [0, 0.05) is 18.9 Å². The predicted molar refractivity (Wildman–Crippen MR) is 90.7 cm³/mol. The number of benzene rings is 1. The Balaban J connectivity index is 1.67. The number of amides is 1. The van der Waals surface area contributed by atoms with Crippen molar-refractivity contribution in [2.24, 2.45) is 0 Å². The SMILES string of the molecule is O=C(c1ccccc1Cl)N1CCC[C@H](Oc2ncc(Br)cn2)C1. The minimum atomic E-state index is -0.114. The van der Waals surface area contributed by atoms with Crippen LogP contribution in [0.3, 0.4) is 0 Å². The quantitative estimate of drug-likeness (QED) is 0.796. The first-order chi connectivity index (χ1) is 11.1. The van der Waals surface area contributed by atoms with E-state index in [0.717, 1.165) is 17.3 Å². The fourth-order valence-electron chi connectivity index (χ4n) is 2.53. The number of halogens is 2. The molecule has 0 spiro atoms. The van der Waals surface area contributed by atoms with E-state index < -0.39 is 0 Å². The van der Waals surface area contributed by atoms with Gasteiger partial charge in [0.25, 0.3) is 5.91 Å². The Kier molecular flexibility index (Phi) is 5.13. The summed E-state index contributed by atoms with van der Waals surface area (Å²) in [6.07, 6.45) is 4.90. The number of piperidine rings is 1. The number of hydrogen-bond donors (Lipinski definition) is 0. The van der Waals surface area contributed by atoms with Crippen LogP contribution in [0.2, 0.25) is 5.02 Å². The Morgan fingerprint density at radius 3 is 2.78 bits per heavy atom. The molecule has 2 heterocycles. The first-order valence-electron chi connectivity index (χ1n) is 7.31. The van der Waals surface area contributed by atoms with Crippen LogP contribution in [-0.2, 0) is 0 Å². The summed E-state index contributed by atoms with van der Waals surface area (Å²) in [5.74, 6) is -0.0689. The molecule has 7 heteroatoms. The van der Waals surface area contributed by atoms with Crippen molar-refractivity contribution in [3.63, 3.8) is 0 Å². The van der Waals surface area contributed by atoms with Crippen molar-refractivity contribution in [3.05, 3.63) is 51.7 Å². The molecule has 120 valence electrons. The molecule has 1 saturated heterocycles. The lowest BCUT2D eigenvalue weighted by atomic mass is 10.1. The van der Waals surface area contributed by atoms with E-state index in [9.17, 15) is 4.79 Å². The Bertz CT molecular complexity index is 696. The van der Waals surface area contributed by atoms with E-state index in [0.29, 0.717) is 29.7 Å². The molecule has 23 heavy (non-hydrogen) atoms. The maximum Gasteiger partial charge on any atom is 0.316 e. The van der Waals surface area contributed by atoms with E-state index in [1.807, 2.05) is 12.1 Å². The zero-order chi connectivity index (χ0) is 16.2. The summed E-state index contributed by atoms with van der Waals surface area (Å²) in [7, 11) is 0.